The molecule has 5 aliphatic rings. The number of ketones is 1. The van der Waals surface area contributed by atoms with Crippen LogP contribution in [0.4, 0.5) is 0 Å². The lowest BCUT2D eigenvalue weighted by Gasteiger charge is -2.61. The Hall–Kier alpha value is -2.95. The number of carbonyl (C=O) groups is 3. The van der Waals surface area contributed by atoms with Gasteiger partial charge in [-0.05, 0) is 25.7 Å². The molecule has 6 atom stereocenters. The first-order valence-electron chi connectivity index (χ1n) is 12.6. The molecule has 2 aromatic rings. The minimum Gasteiger partial charge on any atom is -0.448 e. The van der Waals surface area contributed by atoms with E-state index in [1.54, 1.807) is 0 Å². The molecule has 34 heavy (non-hydrogen) atoms. The molecular weight excluding hydrogens is 428 g/mol. The molecule has 2 aromatic carbocycles. The predicted molar refractivity (Wildman–Crippen MR) is 122 cm³/mol. The van der Waals surface area contributed by atoms with Gasteiger partial charge in [-0.15, -0.1) is 0 Å². The minimum atomic E-state index is -1.39. The summed E-state index contributed by atoms with van der Waals surface area (Å²) in [5.41, 5.74) is -5.85. The number of benzene rings is 2. The summed E-state index contributed by atoms with van der Waals surface area (Å²) in [7, 11) is 0. The van der Waals surface area contributed by atoms with Gasteiger partial charge in [0.2, 0.25) is 0 Å². The molecule has 2 bridgehead atoms. The quantitative estimate of drug-likeness (QED) is 0.583. The minimum absolute atomic E-state index is 0.0191. The lowest BCUT2D eigenvalue weighted by atomic mass is 9.33. The molecule has 0 N–H and O–H groups in total. The van der Waals surface area contributed by atoms with Gasteiger partial charge in [-0.1, -0.05) is 87.4 Å². The molecule has 3 saturated carbocycles. The van der Waals surface area contributed by atoms with E-state index in [2.05, 4.69) is 0 Å². The molecule has 2 heterocycles. The van der Waals surface area contributed by atoms with Crippen LogP contribution < -0.4 is 0 Å². The van der Waals surface area contributed by atoms with Crippen molar-refractivity contribution in [2.75, 3.05) is 0 Å². The van der Waals surface area contributed by atoms with Crippen LogP contribution in [0, 0.1) is 21.7 Å². The maximum atomic E-state index is 15.1. The van der Waals surface area contributed by atoms with Gasteiger partial charge in [0.25, 0.3) is 0 Å². The first-order valence-corrected chi connectivity index (χ1v) is 12.6. The standard InChI is InChI=1S/C29H28O5/c1-3-15-24-21(30)25(16-4-2)27-18-17-26(24,27)22(31)33-28(24,19-11-7-5-8-12-19)29(25,34-23(27)32)20-13-9-6-10-14-20/h5-14H,3-4,15-18H2,1-2H3/t24-,25+,26-,27+,28+,29-. The summed E-state index contributed by atoms with van der Waals surface area (Å²) in [6.07, 6.45) is 3.39. The maximum absolute atomic E-state index is 15.1. The third-order valence-corrected chi connectivity index (χ3v) is 10.3. The van der Waals surface area contributed by atoms with Crippen LogP contribution in [0.25, 0.3) is 0 Å². The van der Waals surface area contributed by atoms with Gasteiger partial charge in [-0.25, -0.2) is 0 Å². The van der Waals surface area contributed by atoms with Crippen molar-refractivity contribution in [2.45, 2.75) is 63.6 Å². The van der Waals surface area contributed by atoms with E-state index in [9.17, 15) is 9.59 Å². The van der Waals surface area contributed by atoms with Crippen LogP contribution in [0.3, 0.4) is 0 Å². The number of esters is 2. The van der Waals surface area contributed by atoms with Crippen molar-refractivity contribution in [3.8, 4) is 0 Å². The van der Waals surface area contributed by atoms with E-state index in [0.29, 0.717) is 38.5 Å². The molecule has 174 valence electrons. The van der Waals surface area contributed by atoms with Gasteiger partial charge in [0.1, 0.15) is 10.8 Å². The van der Waals surface area contributed by atoms with Crippen molar-refractivity contribution in [3.63, 3.8) is 0 Å². The highest BCUT2D eigenvalue weighted by Gasteiger charge is 3.11. The Morgan fingerprint density at radius 3 is 1.35 bits per heavy atom. The Bertz CT molecular complexity index is 1170. The van der Waals surface area contributed by atoms with Crippen LogP contribution in [0.15, 0.2) is 60.7 Å². The fourth-order valence-electron chi connectivity index (χ4n) is 9.84. The zero-order valence-electron chi connectivity index (χ0n) is 19.6. The summed E-state index contributed by atoms with van der Waals surface area (Å²) in [5, 5.41) is 0. The molecule has 0 amide bonds. The summed E-state index contributed by atoms with van der Waals surface area (Å²) < 4.78 is 13.3. The van der Waals surface area contributed by atoms with Gasteiger partial charge in [-0.3, -0.25) is 14.4 Å². The number of hydrogen-bond donors (Lipinski definition) is 0. The van der Waals surface area contributed by atoms with E-state index in [-0.39, 0.29) is 17.7 Å². The Morgan fingerprint density at radius 1 is 0.647 bits per heavy atom. The summed E-state index contributed by atoms with van der Waals surface area (Å²) >= 11 is 0. The highest BCUT2D eigenvalue weighted by molar-refractivity contribution is 6.18. The van der Waals surface area contributed by atoms with E-state index in [0.717, 1.165) is 11.1 Å². The van der Waals surface area contributed by atoms with E-state index >= 15 is 4.79 Å². The third-order valence-electron chi connectivity index (χ3n) is 10.3. The van der Waals surface area contributed by atoms with Crippen molar-refractivity contribution >= 4 is 17.7 Å². The number of ether oxygens (including phenoxy) is 2. The van der Waals surface area contributed by atoms with Crippen LogP contribution in [0.2, 0.25) is 0 Å². The first kappa shape index (κ1) is 20.4. The van der Waals surface area contributed by atoms with Crippen molar-refractivity contribution in [1.82, 2.24) is 0 Å². The van der Waals surface area contributed by atoms with E-state index in [1.807, 2.05) is 74.5 Å². The van der Waals surface area contributed by atoms with Gasteiger partial charge >= 0.3 is 11.9 Å². The molecule has 2 saturated heterocycles. The average molecular weight is 457 g/mol. The van der Waals surface area contributed by atoms with Crippen LogP contribution in [-0.4, -0.2) is 17.7 Å². The fraction of sp³-hybridized carbons (Fsp3) is 0.483. The largest absolute Gasteiger partial charge is 0.448 e. The Labute approximate surface area is 198 Å². The summed E-state index contributed by atoms with van der Waals surface area (Å²) in [6, 6.07) is 19.2. The average Bonchev–Trinajstić information content (AvgIpc) is 3.31. The molecule has 5 fully saturated rings. The van der Waals surface area contributed by atoms with Gasteiger partial charge in [0.05, 0.1) is 10.8 Å². The number of rotatable bonds is 6. The molecule has 7 rings (SSSR count). The van der Waals surface area contributed by atoms with Gasteiger partial charge in [0.15, 0.2) is 17.0 Å². The second-order valence-corrected chi connectivity index (χ2v) is 10.8. The lowest BCUT2D eigenvalue weighted by molar-refractivity contribution is -0.236. The number of fused-ring (bicyclic) bond motifs is 1. The van der Waals surface area contributed by atoms with E-state index in [4.69, 9.17) is 9.47 Å². The third kappa shape index (κ3) is 1.39. The molecule has 3 aliphatic carbocycles. The smallest absolute Gasteiger partial charge is 0.315 e. The van der Waals surface area contributed by atoms with Crippen LogP contribution in [-0.2, 0) is 35.1 Å². The second kappa shape index (κ2) is 5.81. The Balaban J connectivity index is 1.74. The monoisotopic (exact) mass is 456 g/mol. The van der Waals surface area contributed by atoms with Gasteiger partial charge in [-0.2, -0.15) is 0 Å². The molecular formula is C29H28O5. The second-order valence-electron chi connectivity index (χ2n) is 10.8. The topological polar surface area (TPSA) is 69.7 Å². The van der Waals surface area contributed by atoms with E-state index < -0.39 is 32.9 Å². The SMILES string of the molecule is CCC[C@]12C(=O)[C@]3(CCC)[C@]45CC[C@@]41C(=O)O[C@@]2(c1ccccc1)[C@@]3(c1ccccc1)OC5=O. The highest BCUT2D eigenvalue weighted by Crippen LogP contribution is 2.99. The summed E-state index contributed by atoms with van der Waals surface area (Å²) in [5.74, 6) is -0.737. The fourth-order valence-corrected chi connectivity index (χ4v) is 9.84. The Kier molecular flexibility index (Phi) is 3.49. The molecule has 0 aromatic heterocycles. The molecule has 0 unspecified atom stereocenters. The van der Waals surface area contributed by atoms with Gasteiger partial charge in [0, 0.05) is 11.1 Å². The van der Waals surface area contributed by atoms with Crippen molar-refractivity contribution in [2.24, 2.45) is 21.7 Å². The van der Waals surface area contributed by atoms with Gasteiger partial charge < -0.3 is 9.47 Å². The van der Waals surface area contributed by atoms with Crippen LogP contribution in [0.1, 0.15) is 63.5 Å². The first-order chi connectivity index (χ1) is 16.4. The maximum Gasteiger partial charge on any atom is 0.315 e. The molecule has 0 radical (unpaired) electrons. The lowest BCUT2D eigenvalue weighted by Crippen LogP contribution is -2.70. The summed E-state index contributed by atoms with van der Waals surface area (Å²) in [6.45, 7) is 4.09. The van der Waals surface area contributed by atoms with Crippen LogP contribution >= 0.6 is 0 Å². The molecule has 5 nitrogen and oxygen atoms in total. The Morgan fingerprint density at radius 2 is 1.03 bits per heavy atom. The normalized spacial score (nSPS) is 44.6. The van der Waals surface area contributed by atoms with Crippen molar-refractivity contribution < 1.29 is 23.9 Å². The van der Waals surface area contributed by atoms with Crippen molar-refractivity contribution in [3.05, 3.63) is 71.8 Å². The molecule has 2 aliphatic heterocycles. The zero-order chi connectivity index (χ0) is 23.6. The van der Waals surface area contributed by atoms with E-state index in [1.165, 1.54) is 0 Å². The molecule has 2 spiro atoms. The zero-order valence-corrected chi connectivity index (χ0v) is 19.6. The predicted octanol–water partition coefficient (Wildman–Crippen LogP) is 4.83. The number of Topliss-reactive ketones (excluding diaryl/α,β-unsaturated/α-hetero) is 1. The summed E-state index contributed by atoms with van der Waals surface area (Å²) in [4.78, 5) is 43.4. The van der Waals surface area contributed by atoms with Crippen LogP contribution in [0.5, 0.6) is 0 Å². The number of carbonyl (C=O) groups excluding carboxylic acids is 3. The highest BCUT2D eigenvalue weighted by atomic mass is 16.6. The van der Waals surface area contributed by atoms with Crippen molar-refractivity contribution in [1.29, 1.82) is 0 Å². The number of hydrogen-bond acceptors (Lipinski definition) is 5. The molecule has 5 heteroatoms.